The van der Waals surface area contributed by atoms with Gasteiger partial charge in [0.15, 0.2) is 0 Å². The molecule has 0 aromatic heterocycles. The van der Waals surface area contributed by atoms with E-state index in [2.05, 4.69) is 4.74 Å². The Balaban J connectivity index is 2.23. The maximum atomic E-state index is 10.6. The Morgan fingerprint density at radius 1 is 1.38 bits per heavy atom. The van der Waals surface area contributed by atoms with Crippen molar-refractivity contribution in [3.05, 3.63) is 30.3 Å². The number of aliphatic hydroxyl groups excluding tert-OH is 1. The molecule has 0 spiro atoms. The molecule has 1 aromatic carbocycles. The second-order valence-corrected chi connectivity index (χ2v) is 3.02. The summed E-state index contributed by atoms with van der Waals surface area (Å²) in [7, 11) is 0. The van der Waals surface area contributed by atoms with Crippen molar-refractivity contribution in [3.63, 3.8) is 0 Å². The minimum absolute atomic E-state index is 0.0435. The van der Waals surface area contributed by atoms with Crippen LogP contribution >= 0.6 is 0 Å². The molecule has 0 amide bonds. The van der Waals surface area contributed by atoms with Gasteiger partial charge >= 0.3 is 5.97 Å². The molecule has 1 atom stereocenters. The van der Waals surface area contributed by atoms with Crippen molar-refractivity contribution in [2.75, 3.05) is 13.2 Å². The lowest BCUT2D eigenvalue weighted by Crippen LogP contribution is -2.24. The molecule has 4 nitrogen and oxygen atoms in total. The number of rotatable bonds is 5. The minimum atomic E-state index is -0.891. The Hall–Kier alpha value is -1.99. The van der Waals surface area contributed by atoms with E-state index < -0.39 is 12.1 Å². The van der Waals surface area contributed by atoms with Gasteiger partial charge in [-0.1, -0.05) is 18.2 Å². The van der Waals surface area contributed by atoms with Crippen molar-refractivity contribution in [1.29, 1.82) is 0 Å². The van der Waals surface area contributed by atoms with E-state index in [0.717, 1.165) is 0 Å². The van der Waals surface area contributed by atoms with Crippen LogP contribution < -0.4 is 4.74 Å². The Labute approximate surface area is 93.8 Å². The van der Waals surface area contributed by atoms with E-state index in [1.165, 1.54) is 0 Å². The number of benzene rings is 1. The first kappa shape index (κ1) is 12.1. The molecule has 0 saturated carbocycles. The molecule has 1 N–H and O–H groups in total. The molecule has 0 aliphatic rings. The second-order valence-electron chi connectivity index (χ2n) is 3.02. The molecule has 0 fully saturated rings. The lowest BCUT2D eigenvalue weighted by Gasteiger charge is -2.11. The van der Waals surface area contributed by atoms with Gasteiger partial charge in [-0.25, -0.2) is 4.79 Å². The molecule has 1 rings (SSSR count). The summed E-state index contributed by atoms with van der Waals surface area (Å²) in [4.78, 5) is 10.6. The molecule has 4 heteroatoms. The topological polar surface area (TPSA) is 55.8 Å². The number of ether oxygens (including phenoxy) is 2. The zero-order chi connectivity index (χ0) is 11.8. The number of hydrogen-bond donors (Lipinski definition) is 1. The number of para-hydroxylation sites is 1. The van der Waals surface area contributed by atoms with Crippen LogP contribution in [0, 0.1) is 12.3 Å². The van der Waals surface area contributed by atoms with E-state index in [1.54, 1.807) is 18.1 Å². The van der Waals surface area contributed by atoms with E-state index in [1.807, 2.05) is 18.2 Å². The molecule has 1 aromatic rings. The van der Waals surface area contributed by atoms with Crippen molar-refractivity contribution in [2.24, 2.45) is 0 Å². The summed E-state index contributed by atoms with van der Waals surface area (Å²) < 4.78 is 9.78. The molecule has 0 aliphatic heterocycles. The Bertz CT molecular complexity index is 366. The van der Waals surface area contributed by atoms with Gasteiger partial charge in [-0.2, -0.15) is 0 Å². The number of carbonyl (C=O) groups excluding carboxylic acids is 1. The lowest BCUT2D eigenvalue weighted by atomic mass is 10.3. The average molecular weight is 220 g/mol. The lowest BCUT2D eigenvalue weighted by molar-refractivity contribution is -0.140. The molecule has 0 aliphatic carbocycles. The molecule has 0 unspecified atom stereocenters. The summed E-state index contributed by atoms with van der Waals surface area (Å²) in [6.45, 7) is -0.127. The summed E-state index contributed by atoms with van der Waals surface area (Å²) in [5.74, 6) is 1.63. The van der Waals surface area contributed by atoms with Gasteiger partial charge in [0.1, 0.15) is 25.1 Å². The molecule has 0 heterocycles. The van der Waals surface area contributed by atoms with Crippen LogP contribution in [-0.4, -0.2) is 30.4 Å². The van der Waals surface area contributed by atoms with Crippen LogP contribution in [-0.2, 0) is 9.53 Å². The normalized spacial score (nSPS) is 11.2. The van der Waals surface area contributed by atoms with Gasteiger partial charge in [0.25, 0.3) is 0 Å². The average Bonchev–Trinajstić information content (AvgIpc) is 2.34. The Kier molecular flexibility index (Phi) is 4.90. The fourth-order valence-corrected chi connectivity index (χ4v) is 0.971. The van der Waals surface area contributed by atoms with E-state index >= 15 is 0 Å². The maximum absolute atomic E-state index is 10.6. The Morgan fingerprint density at radius 3 is 2.69 bits per heavy atom. The van der Waals surface area contributed by atoms with Crippen molar-refractivity contribution in [3.8, 4) is 18.1 Å². The van der Waals surface area contributed by atoms with Crippen LogP contribution in [0.25, 0.3) is 0 Å². The molecular formula is C12H12O4. The van der Waals surface area contributed by atoms with Crippen molar-refractivity contribution >= 4 is 5.97 Å². The fourth-order valence-electron chi connectivity index (χ4n) is 0.971. The first-order valence-corrected chi connectivity index (χ1v) is 4.71. The van der Waals surface area contributed by atoms with E-state index in [4.69, 9.17) is 11.2 Å². The van der Waals surface area contributed by atoms with Gasteiger partial charge in [-0.15, -0.1) is 6.42 Å². The fraction of sp³-hybridized carbons (Fsp3) is 0.250. The molecule has 16 heavy (non-hydrogen) atoms. The maximum Gasteiger partial charge on any atom is 0.384 e. The van der Waals surface area contributed by atoms with Crippen molar-refractivity contribution < 1.29 is 19.4 Å². The number of aliphatic hydroxyl groups is 1. The largest absolute Gasteiger partial charge is 0.491 e. The summed E-state index contributed by atoms with van der Waals surface area (Å²) in [6, 6.07) is 9.03. The number of terminal acetylenes is 1. The quantitative estimate of drug-likeness (QED) is 0.448. The summed E-state index contributed by atoms with van der Waals surface area (Å²) in [5.41, 5.74) is 0. The van der Waals surface area contributed by atoms with Crippen molar-refractivity contribution in [2.45, 2.75) is 6.10 Å². The predicted molar refractivity (Wildman–Crippen MR) is 57.7 cm³/mol. The van der Waals surface area contributed by atoms with Gasteiger partial charge in [0.05, 0.1) is 0 Å². The molecule has 0 saturated heterocycles. The van der Waals surface area contributed by atoms with Crippen LogP contribution in [0.3, 0.4) is 0 Å². The number of hydrogen-bond acceptors (Lipinski definition) is 4. The van der Waals surface area contributed by atoms with Crippen LogP contribution in [0.5, 0.6) is 5.75 Å². The molecule has 0 radical (unpaired) electrons. The summed E-state index contributed by atoms with van der Waals surface area (Å²) >= 11 is 0. The third-order valence-electron chi connectivity index (χ3n) is 1.71. The minimum Gasteiger partial charge on any atom is -0.491 e. The highest BCUT2D eigenvalue weighted by molar-refractivity contribution is 5.87. The predicted octanol–water partition coefficient (Wildman–Crippen LogP) is 0.603. The van der Waals surface area contributed by atoms with Crippen molar-refractivity contribution in [1.82, 2.24) is 0 Å². The van der Waals surface area contributed by atoms with Crippen LogP contribution in [0.1, 0.15) is 0 Å². The first-order chi connectivity index (χ1) is 7.72. The molecular weight excluding hydrogens is 208 g/mol. The van der Waals surface area contributed by atoms with E-state index in [9.17, 15) is 9.90 Å². The second kappa shape index (κ2) is 6.49. The van der Waals surface area contributed by atoms with Gasteiger partial charge < -0.3 is 14.6 Å². The smallest absolute Gasteiger partial charge is 0.384 e. The SMILES string of the molecule is C#CC(=O)OC[C@@H](O)COc1ccccc1. The molecule has 0 bridgehead atoms. The van der Waals surface area contributed by atoms with Gasteiger partial charge in [-0.05, 0) is 12.1 Å². The third kappa shape index (κ3) is 4.49. The number of esters is 1. The zero-order valence-corrected chi connectivity index (χ0v) is 8.63. The standard InChI is InChI=1S/C12H12O4/c1-2-12(14)16-9-10(13)8-15-11-6-4-3-5-7-11/h1,3-7,10,13H,8-9H2/t10-/m0/s1. The monoisotopic (exact) mass is 220 g/mol. The van der Waals surface area contributed by atoms with E-state index in [-0.39, 0.29) is 13.2 Å². The highest BCUT2D eigenvalue weighted by Gasteiger charge is 2.07. The first-order valence-electron chi connectivity index (χ1n) is 4.71. The van der Waals surface area contributed by atoms with Crippen LogP contribution in [0.4, 0.5) is 0 Å². The highest BCUT2D eigenvalue weighted by Crippen LogP contribution is 2.08. The van der Waals surface area contributed by atoms with Gasteiger partial charge in [0.2, 0.25) is 0 Å². The number of carbonyl (C=O) groups is 1. The van der Waals surface area contributed by atoms with Gasteiger partial charge in [0, 0.05) is 5.92 Å². The zero-order valence-electron chi connectivity index (χ0n) is 8.63. The van der Waals surface area contributed by atoms with Gasteiger partial charge in [-0.3, -0.25) is 0 Å². The molecule has 84 valence electrons. The summed E-state index contributed by atoms with van der Waals surface area (Å²) in [5, 5.41) is 9.38. The Morgan fingerprint density at radius 2 is 2.06 bits per heavy atom. The summed E-state index contributed by atoms with van der Waals surface area (Å²) in [6.07, 6.45) is 3.89. The van der Waals surface area contributed by atoms with Crippen LogP contribution in [0.15, 0.2) is 30.3 Å². The third-order valence-corrected chi connectivity index (χ3v) is 1.71. The van der Waals surface area contributed by atoms with E-state index in [0.29, 0.717) is 5.75 Å². The highest BCUT2D eigenvalue weighted by atomic mass is 16.5. The van der Waals surface area contributed by atoms with Crippen LogP contribution in [0.2, 0.25) is 0 Å².